The van der Waals surface area contributed by atoms with Gasteiger partial charge in [0.15, 0.2) is 0 Å². The van der Waals surface area contributed by atoms with E-state index < -0.39 is 10.0 Å². The van der Waals surface area contributed by atoms with Crippen LogP contribution in [-0.4, -0.2) is 45.3 Å². The minimum absolute atomic E-state index is 0.159. The highest BCUT2D eigenvalue weighted by atomic mass is 32.2. The summed E-state index contributed by atoms with van der Waals surface area (Å²) in [6.45, 7) is 3.41. The van der Waals surface area contributed by atoms with Gasteiger partial charge < -0.3 is 4.74 Å². The average molecular weight is 221 g/mol. The predicted octanol–water partition coefficient (Wildman–Crippen LogP) is 0.694. The molecule has 0 heterocycles. The summed E-state index contributed by atoms with van der Waals surface area (Å²) in [5.41, 5.74) is 0. The first-order chi connectivity index (χ1) is 6.56. The van der Waals surface area contributed by atoms with Gasteiger partial charge in [-0.2, -0.15) is 0 Å². The van der Waals surface area contributed by atoms with E-state index in [2.05, 4.69) is 0 Å². The van der Waals surface area contributed by atoms with Crippen molar-refractivity contribution in [3.8, 4) is 0 Å². The van der Waals surface area contributed by atoms with Crippen molar-refractivity contribution < 1.29 is 13.2 Å². The third-order valence-corrected chi connectivity index (χ3v) is 4.30. The predicted molar refractivity (Wildman–Crippen MR) is 55.6 cm³/mol. The van der Waals surface area contributed by atoms with Crippen molar-refractivity contribution >= 4 is 10.0 Å². The monoisotopic (exact) mass is 221 g/mol. The molecule has 0 aromatic heterocycles. The number of hydrogen-bond donors (Lipinski definition) is 0. The summed E-state index contributed by atoms with van der Waals surface area (Å²) in [4.78, 5) is 0. The lowest BCUT2D eigenvalue weighted by atomic mass is 10.5. The third kappa shape index (κ3) is 3.94. The van der Waals surface area contributed by atoms with Crippen molar-refractivity contribution in [2.24, 2.45) is 5.92 Å². The molecule has 0 bridgehead atoms. The van der Waals surface area contributed by atoms with Crippen LogP contribution in [0.3, 0.4) is 0 Å². The zero-order chi connectivity index (χ0) is 10.6. The molecule has 1 aliphatic rings. The third-order valence-electron chi connectivity index (χ3n) is 2.44. The molecule has 1 fully saturated rings. The molecule has 0 saturated heterocycles. The van der Waals surface area contributed by atoms with Gasteiger partial charge in [-0.3, -0.25) is 0 Å². The fraction of sp³-hybridized carbons (Fsp3) is 1.00. The van der Waals surface area contributed by atoms with E-state index in [1.807, 2.05) is 0 Å². The summed E-state index contributed by atoms with van der Waals surface area (Å²) in [6.07, 6.45) is 2.53. The highest BCUT2D eigenvalue weighted by molar-refractivity contribution is 7.89. The van der Waals surface area contributed by atoms with Gasteiger partial charge in [-0.25, -0.2) is 12.7 Å². The van der Waals surface area contributed by atoms with Crippen LogP contribution in [-0.2, 0) is 14.8 Å². The molecule has 1 saturated carbocycles. The molecule has 5 heteroatoms. The van der Waals surface area contributed by atoms with Crippen LogP contribution in [0.25, 0.3) is 0 Å². The van der Waals surface area contributed by atoms with E-state index in [0.29, 0.717) is 13.2 Å². The van der Waals surface area contributed by atoms with Crippen LogP contribution in [0.4, 0.5) is 0 Å². The Morgan fingerprint density at radius 3 is 2.57 bits per heavy atom. The van der Waals surface area contributed by atoms with Crippen LogP contribution >= 0.6 is 0 Å². The Balaban J connectivity index is 2.10. The maximum Gasteiger partial charge on any atom is 0.213 e. The molecule has 1 rings (SSSR count). The van der Waals surface area contributed by atoms with E-state index in [1.54, 1.807) is 14.0 Å². The number of nitrogens with zero attached hydrogens (tertiary/aromatic N) is 1. The van der Waals surface area contributed by atoms with Gasteiger partial charge in [0.1, 0.15) is 0 Å². The summed E-state index contributed by atoms with van der Waals surface area (Å²) < 4.78 is 29.3. The molecule has 0 atom stereocenters. The van der Waals surface area contributed by atoms with Crippen LogP contribution in [0.1, 0.15) is 19.8 Å². The molecule has 0 aromatic rings. The summed E-state index contributed by atoms with van der Waals surface area (Å²) in [6, 6.07) is 0. The molecular formula is C9H19NO3S. The van der Waals surface area contributed by atoms with E-state index in [9.17, 15) is 8.42 Å². The molecule has 0 aromatic carbocycles. The van der Waals surface area contributed by atoms with Gasteiger partial charge in [-0.15, -0.1) is 0 Å². The van der Waals surface area contributed by atoms with E-state index in [0.717, 1.165) is 12.5 Å². The van der Waals surface area contributed by atoms with Crippen LogP contribution in [0.2, 0.25) is 0 Å². The standard InChI is InChI=1S/C9H19NO3S/c1-3-14(11,12)10(2)6-7-13-8-9-4-5-9/h9H,3-8H2,1-2H3. The molecule has 0 unspecified atom stereocenters. The van der Waals surface area contributed by atoms with E-state index in [-0.39, 0.29) is 5.75 Å². The Bertz CT molecular complexity index is 259. The Hall–Kier alpha value is -0.130. The van der Waals surface area contributed by atoms with E-state index >= 15 is 0 Å². The zero-order valence-electron chi connectivity index (χ0n) is 8.90. The van der Waals surface area contributed by atoms with Crippen LogP contribution in [0.5, 0.6) is 0 Å². The van der Waals surface area contributed by atoms with Gasteiger partial charge in [0.05, 0.1) is 12.4 Å². The van der Waals surface area contributed by atoms with Crippen molar-refractivity contribution in [1.29, 1.82) is 0 Å². The second kappa shape index (κ2) is 5.09. The number of sulfonamides is 1. The molecule has 84 valence electrons. The summed E-state index contributed by atoms with van der Waals surface area (Å²) in [7, 11) is -1.43. The molecule has 1 aliphatic carbocycles. The maximum absolute atomic E-state index is 11.3. The van der Waals surface area contributed by atoms with Gasteiger partial charge >= 0.3 is 0 Å². The summed E-state index contributed by atoms with van der Waals surface area (Å²) in [5, 5.41) is 0. The second-order valence-corrected chi connectivity index (χ2v) is 6.10. The first-order valence-electron chi connectivity index (χ1n) is 5.08. The minimum Gasteiger partial charge on any atom is -0.380 e. The largest absolute Gasteiger partial charge is 0.380 e. The van der Waals surface area contributed by atoms with Crippen LogP contribution < -0.4 is 0 Å². The average Bonchev–Trinajstić information content (AvgIpc) is 2.95. The highest BCUT2D eigenvalue weighted by Gasteiger charge is 2.21. The van der Waals surface area contributed by atoms with Gasteiger partial charge in [-0.1, -0.05) is 0 Å². The van der Waals surface area contributed by atoms with E-state index in [1.165, 1.54) is 17.1 Å². The second-order valence-electron chi connectivity index (χ2n) is 3.74. The lowest BCUT2D eigenvalue weighted by Gasteiger charge is -2.15. The SMILES string of the molecule is CCS(=O)(=O)N(C)CCOCC1CC1. The van der Waals surface area contributed by atoms with Gasteiger partial charge in [0.25, 0.3) is 0 Å². The zero-order valence-corrected chi connectivity index (χ0v) is 9.72. The molecule has 0 amide bonds. The molecule has 0 spiro atoms. The highest BCUT2D eigenvalue weighted by Crippen LogP contribution is 2.28. The topological polar surface area (TPSA) is 46.6 Å². The molecule has 4 nitrogen and oxygen atoms in total. The number of ether oxygens (including phenoxy) is 1. The van der Waals surface area contributed by atoms with Crippen molar-refractivity contribution in [2.75, 3.05) is 32.6 Å². The lowest BCUT2D eigenvalue weighted by Crippen LogP contribution is -2.31. The number of rotatable bonds is 7. The smallest absolute Gasteiger partial charge is 0.213 e. The quantitative estimate of drug-likeness (QED) is 0.594. The Morgan fingerprint density at radius 1 is 1.43 bits per heavy atom. The van der Waals surface area contributed by atoms with Crippen molar-refractivity contribution in [3.63, 3.8) is 0 Å². The number of likely N-dealkylation sites (N-methyl/N-ethyl adjacent to an activating group) is 1. The fourth-order valence-corrected chi connectivity index (χ4v) is 1.88. The van der Waals surface area contributed by atoms with Gasteiger partial charge in [0, 0.05) is 20.2 Å². The molecular weight excluding hydrogens is 202 g/mol. The Labute approximate surface area is 86.3 Å². The van der Waals surface area contributed by atoms with Crippen molar-refractivity contribution in [1.82, 2.24) is 4.31 Å². The summed E-state index contributed by atoms with van der Waals surface area (Å²) in [5.74, 6) is 0.898. The Kier molecular flexibility index (Phi) is 4.34. The van der Waals surface area contributed by atoms with Crippen molar-refractivity contribution in [2.45, 2.75) is 19.8 Å². The van der Waals surface area contributed by atoms with Gasteiger partial charge in [0.2, 0.25) is 10.0 Å². The first-order valence-corrected chi connectivity index (χ1v) is 6.69. The maximum atomic E-state index is 11.3. The number of hydrogen-bond acceptors (Lipinski definition) is 3. The first kappa shape index (κ1) is 11.9. The molecule has 14 heavy (non-hydrogen) atoms. The molecule has 0 aliphatic heterocycles. The molecule has 0 N–H and O–H groups in total. The summed E-state index contributed by atoms with van der Waals surface area (Å²) >= 11 is 0. The lowest BCUT2D eigenvalue weighted by molar-refractivity contribution is 0.117. The normalized spacial score (nSPS) is 17.6. The van der Waals surface area contributed by atoms with Crippen LogP contribution in [0, 0.1) is 5.92 Å². The van der Waals surface area contributed by atoms with Crippen molar-refractivity contribution in [3.05, 3.63) is 0 Å². The Morgan fingerprint density at radius 2 is 2.07 bits per heavy atom. The van der Waals surface area contributed by atoms with Gasteiger partial charge in [-0.05, 0) is 25.7 Å². The van der Waals surface area contributed by atoms with Crippen LogP contribution in [0.15, 0.2) is 0 Å². The minimum atomic E-state index is -3.03. The van der Waals surface area contributed by atoms with E-state index in [4.69, 9.17) is 4.74 Å². The molecule has 0 radical (unpaired) electrons. The fourth-order valence-electron chi connectivity index (χ4n) is 1.09.